The van der Waals surface area contributed by atoms with Crippen molar-refractivity contribution in [1.82, 2.24) is 14.8 Å². The lowest BCUT2D eigenvalue weighted by Crippen LogP contribution is -2.16. The second-order valence-electron chi connectivity index (χ2n) is 5.60. The Morgan fingerprint density at radius 2 is 2.04 bits per heavy atom. The lowest BCUT2D eigenvalue weighted by atomic mass is 10.2. The number of methoxy groups -OCH3 is 1. The number of para-hydroxylation sites is 1. The van der Waals surface area contributed by atoms with E-state index in [0.29, 0.717) is 18.1 Å². The minimum atomic E-state index is -0.144. The van der Waals surface area contributed by atoms with Gasteiger partial charge in [-0.25, -0.2) is 9.67 Å². The number of nitrogens with zero attached hydrogens (tertiary/aromatic N) is 3. The average molecular weight is 336 g/mol. The molecule has 128 valence electrons. The first-order chi connectivity index (χ1) is 12.2. The maximum Gasteiger partial charge on any atom is 0.231 e. The Morgan fingerprint density at radius 1 is 1.20 bits per heavy atom. The summed E-state index contributed by atoms with van der Waals surface area (Å²) < 4.78 is 6.82. The van der Waals surface area contributed by atoms with Crippen molar-refractivity contribution in [1.29, 1.82) is 0 Å². The molecule has 0 spiro atoms. The van der Waals surface area contributed by atoms with E-state index in [2.05, 4.69) is 15.4 Å². The molecule has 0 aliphatic rings. The number of carbonyl (C=O) groups is 1. The van der Waals surface area contributed by atoms with E-state index in [0.717, 1.165) is 17.7 Å². The van der Waals surface area contributed by atoms with Crippen molar-refractivity contribution in [2.24, 2.45) is 0 Å². The van der Waals surface area contributed by atoms with Gasteiger partial charge in [-0.2, -0.15) is 5.10 Å². The fourth-order valence-corrected chi connectivity index (χ4v) is 2.45. The van der Waals surface area contributed by atoms with E-state index in [-0.39, 0.29) is 12.3 Å². The van der Waals surface area contributed by atoms with E-state index >= 15 is 0 Å². The average Bonchev–Trinajstić information content (AvgIpc) is 3.09. The lowest BCUT2D eigenvalue weighted by Gasteiger charge is -2.06. The predicted molar refractivity (Wildman–Crippen MR) is 95.7 cm³/mol. The highest BCUT2D eigenvalue weighted by molar-refractivity contribution is 5.91. The van der Waals surface area contributed by atoms with Gasteiger partial charge in [0.05, 0.1) is 24.4 Å². The van der Waals surface area contributed by atoms with Gasteiger partial charge in [0.1, 0.15) is 5.82 Å². The van der Waals surface area contributed by atoms with E-state index in [4.69, 9.17) is 4.74 Å². The first-order valence-corrected chi connectivity index (χ1v) is 8.08. The summed E-state index contributed by atoms with van der Waals surface area (Å²) in [7, 11) is 1.67. The quantitative estimate of drug-likeness (QED) is 0.720. The number of rotatable bonds is 7. The van der Waals surface area contributed by atoms with Crippen LogP contribution in [0.15, 0.2) is 60.9 Å². The minimum absolute atomic E-state index is 0.144. The van der Waals surface area contributed by atoms with Crippen LogP contribution in [0, 0.1) is 0 Å². The highest BCUT2D eigenvalue weighted by atomic mass is 16.5. The van der Waals surface area contributed by atoms with Crippen molar-refractivity contribution in [3.05, 3.63) is 72.2 Å². The van der Waals surface area contributed by atoms with Crippen LogP contribution >= 0.6 is 0 Å². The summed E-state index contributed by atoms with van der Waals surface area (Å²) in [4.78, 5) is 16.4. The van der Waals surface area contributed by atoms with Crippen molar-refractivity contribution in [2.45, 2.75) is 12.8 Å². The molecule has 3 aromatic rings. The molecule has 0 saturated heterocycles. The standard InChI is InChI=1S/C19H20N4O2/c1-25-12-9-15-7-10-20-18(13-15)21-19(24)14-16-8-11-23(22-16)17-5-3-2-4-6-17/h2-8,10-11,13H,9,12,14H2,1H3,(H,20,21,24). The number of anilines is 1. The Labute approximate surface area is 146 Å². The highest BCUT2D eigenvalue weighted by Gasteiger charge is 2.09. The number of hydrogen-bond acceptors (Lipinski definition) is 4. The van der Waals surface area contributed by atoms with Crippen molar-refractivity contribution < 1.29 is 9.53 Å². The topological polar surface area (TPSA) is 69.0 Å². The molecule has 6 nitrogen and oxygen atoms in total. The molecule has 0 unspecified atom stereocenters. The first kappa shape index (κ1) is 16.9. The van der Waals surface area contributed by atoms with Crippen LogP contribution in [0.3, 0.4) is 0 Å². The molecule has 25 heavy (non-hydrogen) atoms. The van der Waals surface area contributed by atoms with E-state index in [1.165, 1.54) is 0 Å². The minimum Gasteiger partial charge on any atom is -0.384 e. The van der Waals surface area contributed by atoms with Gasteiger partial charge in [-0.3, -0.25) is 4.79 Å². The molecule has 1 aromatic carbocycles. The Morgan fingerprint density at radius 3 is 2.84 bits per heavy atom. The second kappa shape index (κ2) is 8.21. The van der Waals surface area contributed by atoms with Crippen molar-refractivity contribution in [2.75, 3.05) is 19.0 Å². The number of hydrogen-bond donors (Lipinski definition) is 1. The number of carbonyl (C=O) groups excluding carboxylic acids is 1. The maximum atomic E-state index is 12.2. The Kier molecular flexibility index (Phi) is 5.53. The second-order valence-corrected chi connectivity index (χ2v) is 5.60. The SMILES string of the molecule is COCCc1ccnc(NC(=O)Cc2ccn(-c3ccccc3)n2)c1. The van der Waals surface area contributed by atoms with E-state index in [1.54, 1.807) is 18.0 Å². The van der Waals surface area contributed by atoms with Crippen LogP contribution in [0.25, 0.3) is 5.69 Å². The molecule has 3 rings (SSSR count). The zero-order valence-electron chi connectivity index (χ0n) is 14.1. The lowest BCUT2D eigenvalue weighted by molar-refractivity contribution is -0.115. The van der Waals surface area contributed by atoms with Crippen LogP contribution in [-0.4, -0.2) is 34.4 Å². The van der Waals surface area contributed by atoms with Gasteiger partial charge >= 0.3 is 0 Å². The third kappa shape index (κ3) is 4.74. The monoisotopic (exact) mass is 336 g/mol. The van der Waals surface area contributed by atoms with E-state index < -0.39 is 0 Å². The summed E-state index contributed by atoms with van der Waals surface area (Å²) in [5, 5.41) is 7.26. The van der Waals surface area contributed by atoms with Crippen LogP contribution < -0.4 is 5.32 Å². The summed E-state index contributed by atoms with van der Waals surface area (Å²) in [5.41, 5.74) is 2.74. The van der Waals surface area contributed by atoms with Crippen LogP contribution in [0.1, 0.15) is 11.3 Å². The molecule has 0 radical (unpaired) electrons. The van der Waals surface area contributed by atoms with Crippen LogP contribution in [0.4, 0.5) is 5.82 Å². The molecule has 0 atom stereocenters. The molecule has 0 saturated carbocycles. The van der Waals surface area contributed by atoms with Gasteiger partial charge in [0.25, 0.3) is 0 Å². The molecule has 2 aromatic heterocycles. The van der Waals surface area contributed by atoms with Gasteiger partial charge in [0, 0.05) is 19.5 Å². The number of nitrogens with one attached hydrogen (secondary N) is 1. The fraction of sp³-hybridized carbons (Fsp3) is 0.211. The molecule has 0 aliphatic heterocycles. The number of pyridine rings is 1. The van der Waals surface area contributed by atoms with Crippen molar-refractivity contribution >= 4 is 11.7 Å². The highest BCUT2D eigenvalue weighted by Crippen LogP contribution is 2.10. The smallest absolute Gasteiger partial charge is 0.231 e. The fourth-order valence-electron chi connectivity index (χ4n) is 2.45. The molecule has 0 aliphatic carbocycles. The summed E-state index contributed by atoms with van der Waals surface area (Å²) in [6.07, 6.45) is 4.51. The maximum absolute atomic E-state index is 12.2. The molecular weight excluding hydrogens is 316 g/mol. The Balaban J connectivity index is 1.60. The van der Waals surface area contributed by atoms with Crippen LogP contribution in [0.2, 0.25) is 0 Å². The molecular formula is C19H20N4O2. The molecule has 1 amide bonds. The third-order valence-electron chi connectivity index (χ3n) is 3.69. The third-order valence-corrected chi connectivity index (χ3v) is 3.69. The van der Waals surface area contributed by atoms with Crippen LogP contribution in [-0.2, 0) is 22.4 Å². The summed E-state index contributed by atoms with van der Waals surface area (Å²) in [6, 6.07) is 15.4. The zero-order chi connectivity index (χ0) is 17.5. The van der Waals surface area contributed by atoms with Gasteiger partial charge in [0.15, 0.2) is 0 Å². The molecule has 0 fully saturated rings. The Bertz CT molecular complexity index is 830. The van der Waals surface area contributed by atoms with Gasteiger partial charge in [0.2, 0.25) is 5.91 Å². The summed E-state index contributed by atoms with van der Waals surface area (Å²) in [5.74, 6) is 0.399. The number of benzene rings is 1. The van der Waals surface area contributed by atoms with Crippen LogP contribution in [0.5, 0.6) is 0 Å². The predicted octanol–water partition coefficient (Wildman–Crippen LogP) is 2.64. The zero-order valence-corrected chi connectivity index (χ0v) is 14.1. The molecule has 0 bridgehead atoms. The normalized spacial score (nSPS) is 10.6. The molecule has 6 heteroatoms. The molecule has 2 heterocycles. The Hall–Kier alpha value is -2.99. The van der Waals surface area contributed by atoms with Gasteiger partial charge in [-0.15, -0.1) is 0 Å². The molecule has 1 N–H and O–H groups in total. The van der Waals surface area contributed by atoms with Crippen molar-refractivity contribution in [3.63, 3.8) is 0 Å². The first-order valence-electron chi connectivity index (χ1n) is 8.08. The van der Waals surface area contributed by atoms with Gasteiger partial charge < -0.3 is 10.1 Å². The number of aromatic nitrogens is 3. The summed E-state index contributed by atoms with van der Waals surface area (Å²) >= 11 is 0. The van der Waals surface area contributed by atoms with E-state index in [9.17, 15) is 4.79 Å². The van der Waals surface area contributed by atoms with E-state index in [1.807, 2.05) is 54.7 Å². The van der Waals surface area contributed by atoms with Crippen molar-refractivity contribution in [3.8, 4) is 5.69 Å². The summed E-state index contributed by atoms with van der Waals surface area (Å²) in [6.45, 7) is 0.633. The van der Waals surface area contributed by atoms with Gasteiger partial charge in [-0.05, 0) is 42.3 Å². The number of amides is 1. The largest absolute Gasteiger partial charge is 0.384 e. The van der Waals surface area contributed by atoms with Gasteiger partial charge in [-0.1, -0.05) is 18.2 Å². The number of ether oxygens (including phenoxy) is 1.